The molecule has 0 saturated carbocycles. The number of benzene rings is 1. The molecule has 1 heterocycles. The first-order valence-electron chi connectivity index (χ1n) is 7.27. The molecule has 0 spiro atoms. The van der Waals surface area contributed by atoms with Gasteiger partial charge in [-0.05, 0) is 19.4 Å². The van der Waals surface area contributed by atoms with Crippen LogP contribution in [0.15, 0.2) is 35.6 Å². The molecule has 0 fully saturated rings. The number of Topliss-reactive ketones (excluding diaryl/α,β-unsaturated/α-hetero) is 1. The molecular formula is C17H21NO5. The van der Waals surface area contributed by atoms with Gasteiger partial charge in [0.25, 0.3) is 5.91 Å². The molecule has 0 aliphatic carbocycles. The fourth-order valence-corrected chi connectivity index (χ4v) is 2.70. The maximum atomic E-state index is 12.4. The number of carbonyl (C=O) groups is 2. The van der Waals surface area contributed by atoms with Crippen molar-refractivity contribution in [3.05, 3.63) is 46.7 Å². The molecule has 1 aromatic rings. The van der Waals surface area contributed by atoms with Gasteiger partial charge < -0.3 is 19.5 Å². The van der Waals surface area contributed by atoms with Crippen LogP contribution in [0.3, 0.4) is 0 Å². The van der Waals surface area contributed by atoms with Crippen molar-refractivity contribution < 1.29 is 24.2 Å². The number of ketones is 1. The lowest BCUT2D eigenvalue weighted by molar-refractivity contribution is -0.144. The first kappa shape index (κ1) is 17.2. The van der Waals surface area contributed by atoms with Crippen molar-refractivity contribution >= 4 is 11.7 Å². The van der Waals surface area contributed by atoms with E-state index in [1.54, 1.807) is 0 Å². The van der Waals surface area contributed by atoms with Crippen molar-refractivity contribution in [2.24, 2.45) is 0 Å². The highest BCUT2D eigenvalue weighted by Crippen LogP contribution is 2.37. The molecule has 1 aliphatic heterocycles. The number of ether oxygens (including phenoxy) is 2. The van der Waals surface area contributed by atoms with Gasteiger partial charge in [-0.25, -0.2) is 0 Å². The number of aryl methyl sites for hydroxylation is 1. The third-order valence-electron chi connectivity index (χ3n) is 3.95. The molecular weight excluding hydrogens is 298 g/mol. The van der Waals surface area contributed by atoms with Crippen molar-refractivity contribution in [2.75, 3.05) is 20.8 Å². The Labute approximate surface area is 135 Å². The van der Waals surface area contributed by atoms with E-state index in [9.17, 15) is 14.7 Å². The largest absolute Gasteiger partial charge is 0.503 e. The van der Waals surface area contributed by atoms with Gasteiger partial charge in [-0.2, -0.15) is 0 Å². The van der Waals surface area contributed by atoms with Gasteiger partial charge in [-0.3, -0.25) is 9.59 Å². The minimum atomic E-state index is -0.647. The summed E-state index contributed by atoms with van der Waals surface area (Å²) >= 11 is 0. The summed E-state index contributed by atoms with van der Waals surface area (Å²) in [5.41, 5.74) is 1.92. The summed E-state index contributed by atoms with van der Waals surface area (Å²) in [4.78, 5) is 25.8. The van der Waals surface area contributed by atoms with E-state index in [0.29, 0.717) is 0 Å². The van der Waals surface area contributed by atoms with Gasteiger partial charge in [0.05, 0.1) is 18.2 Å². The molecule has 1 aliphatic rings. The van der Waals surface area contributed by atoms with Crippen molar-refractivity contribution in [1.29, 1.82) is 0 Å². The third-order valence-corrected chi connectivity index (χ3v) is 3.95. The number of hydrogen-bond donors (Lipinski definition) is 1. The van der Waals surface area contributed by atoms with Crippen molar-refractivity contribution in [3.8, 4) is 0 Å². The van der Waals surface area contributed by atoms with Gasteiger partial charge in [0.2, 0.25) is 0 Å². The van der Waals surface area contributed by atoms with Gasteiger partial charge in [-0.1, -0.05) is 29.8 Å². The van der Waals surface area contributed by atoms with Crippen LogP contribution < -0.4 is 0 Å². The van der Waals surface area contributed by atoms with E-state index in [4.69, 9.17) is 9.47 Å². The number of methoxy groups -OCH3 is 2. The molecule has 0 radical (unpaired) electrons. The van der Waals surface area contributed by atoms with Crippen LogP contribution in [0.2, 0.25) is 0 Å². The second-order valence-corrected chi connectivity index (χ2v) is 5.49. The molecule has 1 N–H and O–H groups in total. The lowest BCUT2D eigenvalue weighted by Crippen LogP contribution is -2.38. The molecule has 23 heavy (non-hydrogen) atoms. The minimum absolute atomic E-state index is 0.102. The monoisotopic (exact) mass is 319 g/mol. The fraction of sp³-hybridized carbons (Fsp3) is 0.412. The SMILES string of the molecule is COC(CN1C(=O)C(O)=C(C(C)=O)[C@@H]1c1ccc(C)cc1)OC. The van der Waals surface area contributed by atoms with E-state index in [1.807, 2.05) is 31.2 Å². The highest BCUT2D eigenvalue weighted by Gasteiger charge is 2.43. The Kier molecular flexibility index (Phi) is 5.18. The van der Waals surface area contributed by atoms with E-state index in [2.05, 4.69) is 0 Å². The summed E-state index contributed by atoms with van der Waals surface area (Å²) in [7, 11) is 2.93. The number of carbonyl (C=O) groups excluding carboxylic acids is 2. The second-order valence-electron chi connectivity index (χ2n) is 5.49. The summed E-state index contributed by atoms with van der Waals surface area (Å²) in [6.45, 7) is 3.39. The Morgan fingerprint density at radius 1 is 1.26 bits per heavy atom. The van der Waals surface area contributed by atoms with Gasteiger partial charge in [0.1, 0.15) is 0 Å². The predicted molar refractivity (Wildman–Crippen MR) is 83.8 cm³/mol. The first-order valence-corrected chi connectivity index (χ1v) is 7.27. The van der Waals surface area contributed by atoms with Crippen LogP contribution >= 0.6 is 0 Å². The summed E-state index contributed by atoms with van der Waals surface area (Å²) in [5.74, 6) is -1.44. The number of aliphatic hydroxyl groups is 1. The number of rotatable bonds is 6. The Morgan fingerprint density at radius 2 is 1.83 bits per heavy atom. The van der Waals surface area contributed by atoms with Crippen LogP contribution in [0.1, 0.15) is 24.1 Å². The third kappa shape index (κ3) is 3.28. The summed E-state index contributed by atoms with van der Waals surface area (Å²) in [6, 6.07) is 6.84. The molecule has 1 atom stereocenters. The molecule has 2 rings (SSSR count). The van der Waals surface area contributed by atoms with E-state index in [-0.39, 0.29) is 17.9 Å². The average Bonchev–Trinajstić information content (AvgIpc) is 2.77. The van der Waals surface area contributed by atoms with Crippen molar-refractivity contribution in [2.45, 2.75) is 26.2 Å². The lowest BCUT2D eigenvalue weighted by atomic mass is 9.96. The Balaban J connectivity index is 2.46. The van der Waals surface area contributed by atoms with Gasteiger partial charge in [0, 0.05) is 14.2 Å². The van der Waals surface area contributed by atoms with Crippen molar-refractivity contribution in [1.82, 2.24) is 4.90 Å². The van der Waals surface area contributed by atoms with Gasteiger partial charge in [-0.15, -0.1) is 0 Å². The van der Waals surface area contributed by atoms with Gasteiger partial charge in [0.15, 0.2) is 17.8 Å². The van der Waals surface area contributed by atoms with Crippen LogP contribution in [0.25, 0.3) is 0 Å². The average molecular weight is 319 g/mol. The highest BCUT2D eigenvalue weighted by atomic mass is 16.7. The maximum Gasteiger partial charge on any atom is 0.290 e. The minimum Gasteiger partial charge on any atom is -0.503 e. The Hall–Kier alpha value is -2.18. The maximum absolute atomic E-state index is 12.4. The molecule has 6 heteroatoms. The summed E-state index contributed by atoms with van der Waals surface area (Å²) in [5, 5.41) is 10.1. The first-order chi connectivity index (χ1) is 10.9. The van der Waals surface area contributed by atoms with Gasteiger partial charge >= 0.3 is 0 Å². The van der Waals surface area contributed by atoms with Crippen LogP contribution in [-0.4, -0.2) is 48.8 Å². The van der Waals surface area contributed by atoms with Crippen LogP contribution in [0.5, 0.6) is 0 Å². The van der Waals surface area contributed by atoms with E-state index in [1.165, 1.54) is 26.0 Å². The molecule has 0 bridgehead atoms. The van der Waals surface area contributed by atoms with Crippen molar-refractivity contribution in [3.63, 3.8) is 0 Å². The zero-order chi connectivity index (χ0) is 17.1. The second kappa shape index (κ2) is 6.93. The van der Waals surface area contributed by atoms with Crippen LogP contribution in [0.4, 0.5) is 0 Å². The van der Waals surface area contributed by atoms with E-state index >= 15 is 0 Å². The topological polar surface area (TPSA) is 76.1 Å². The van der Waals surface area contributed by atoms with E-state index in [0.717, 1.165) is 11.1 Å². The molecule has 0 unspecified atom stereocenters. The number of hydrogen-bond acceptors (Lipinski definition) is 5. The molecule has 124 valence electrons. The molecule has 0 saturated heterocycles. The van der Waals surface area contributed by atoms with Crippen LogP contribution in [-0.2, 0) is 19.1 Å². The standard InChI is InChI=1S/C17H21NO5/c1-10-5-7-12(8-6-10)15-14(11(2)19)16(20)17(21)18(15)9-13(22-3)23-4/h5-8,13,15,20H,9H2,1-4H3/t15-/m0/s1. The number of nitrogens with zero attached hydrogens (tertiary/aromatic N) is 1. The fourth-order valence-electron chi connectivity index (χ4n) is 2.70. The molecule has 6 nitrogen and oxygen atoms in total. The summed E-state index contributed by atoms with van der Waals surface area (Å²) < 4.78 is 10.3. The zero-order valence-corrected chi connectivity index (χ0v) is 13.7. The lowest BCUT2D eigenvalue weighted by Gasteiger charge is -2.29. The molecule has 0 aromatic heterocycles. The smallest absolute Gasteiger partial charge is 0.290 e. The quantitative estimate of drug-likeness (QED) is 0.811. The number of amides is 1. The zero-order valence-electron chi connectivity index (χ0n) is 13.7. The van der Waals surface area contributed by atoms with Crippen LogP contribution in [0, 0.1) is 6.92 Å². The molecule has 1 amide bonds. The Bertz CT molecular complexity index is 631. The molecule has 1 aromatic carbocycles. The summed E-state index contributed by atoms with van der Waals surface area (Å²) in [6.07, 6.45) is -0.647. The normalized spacial score (nSPS) is 18.2. The van der Waals surface area contributed by atoms with E-state index < -0.39 is 24.0 Å². The highest BCUT2D eigenvalue weighted by molar-refractivity contribution is 6.08. The number of aliphatic hydroxyl groups excluding tert-OH is 1. The predicted octanol–water partition coefficient (Wildman–Crippen LogP) is 1.90. The Morgan fingerprint density at radius 3 is 2.30 bits per heavy atom.